The molecule has 3 aromatic heterocycles. The predicted octanol–water partition coefficient (Wildman–Crippen LogP) is 1.60. The molecule has 1 N–H and O–H groups in total. The first-order valence-corrected chi connectivity index (χ1v) is 9.92. The van der Waals surface area contributed by atoms with Crippen molar-refractivity contribution in [3.63, 3.8) is 0 Å². The Bertz CT molecular complexity index is 1120. The zero-order valence-corrected chi connectivity index (χ0v) is 16.7. The van der Waals surface area contributed by atoms with E-state index < -0.39 is 0 Å². The number of para-hydroxylation sites is 1. The third-order valence-electron chi connectivity index (χ3n) is 5.10. The minimum Gasteiger partial charge on any atom is -0.374 e. The quantitative estimate of drug-likeness (QED) is 0.516. The van der Waals surface area contributed by atoms with Gasteiger partial charge >= 0.3 is 0 Å². The van der Waals surface area contributed by atoms with E-state index in [-0.39, 0.29) is 6.10 Å². The van der Waals surface area contributed by atoms with Gasteiger partial charge in [0.2, 0.25) is 0 Å². The molecule has 0 aliphatic carbocycles. The first kappa shape index (κ1) is 18.6. The Morgan fingerprint density at radius 1 is 1.20 bits per heavy atom. The van der Waals surface area contributed by atoms with Gasteiger partial charge in [-0.05, 0) is 12.1 Å². The minimum absolute atomic E-state index is 0.0146. The van der Waals surface area contributed by atoms with Gasteiger partial charge in [0, 0.05) is 44.1 Å². The average Bonchev–Trinajstić information content (AvgIpc) is 3.36. The molecule has 5 rings (SSSR count). The van der Waals surface area contributed by atoms with Gasteiger partial charge in [-0.25, -0.2) is 14.6 Å². The number of benzene rings is 1. The summed E-state index contributed by atoms with van der Waals surface area (Å²) in [6.45, 7) is 3.85. The van der Waals surface area contributed by atoms with E-state index in [0.717, 1.165) is 25.3 Å². The molecule has 30 heavy (non-hydrogen) atoms. The summed E-state index contributed by atoms with van der Waals surface area (Å²) >= 11 is 0. The molecule has 1 saturated heterocycles. The highest BCUT2D eigenvalue weighted by Crippen LogP contribution is 2.21. The second-order valence-electron chi connectivity index (χ2n) is 7.41. The summed E-state index contributed by atoms with van der Waals surface area (Å²) in [4.78, 5) is 11.1. The van der Waals surface area contributed by atoms with E-state index in [2.05, 4.69) is 35.6 Å². The fourth-order valence-corrected chi connectivity index (χ4v) is 3.70. The van der Waals surface area contributed by atoms with Crippen LogP contribution in [0.3, 0.4) is 0 Å². The summed E-state index contributed by atoms with van der Waals surface area (Å²) in [5, 5.41) is 16.2. The normalized spacial score (nSPS) is 17.4. The Kier molecular flexibility index (Phi) is 5.08. The number of anilines is 2. The van der Waals surface area contributed by atoms with Crippen molar-refractivity contribution >= 4 is 22.7 Å². The van der Waals surface area contributed by atoms with Crippen LogP contribution in [0.25, 0.3) is 11.2 Å². The topological polar surface area (TPSA) is 98.8 Å². The molecule has 0 saturated carbocycles. The molecule has 1 aliphatic rings. The van der Waals surface area contributed by atoms with Gasteiger partial charge in [-0.15, -0.1) is 5.10 Å². The van der Waals surface area contributed by atoms with Crippen molar-refractivity contribution in [1.82, 2.24) is 39.6 Å². The number of morpholine rings is 1. The molecule has 0 bridgehead atoms. The largest absolute Gasteiger partial charge is 0.374 e. The molecule has 10 nitrogen and oxygen atoms in total. The van der Waals surface area contributed by atoms with Crippen molar-refractivity contribution in [1.29, 1.82) is 0 Å². The molecule has 1 aliphatic heterocycles. The average molecular weight is 405 g/mol. The number of aromatic nitrogens is 7. The van der Waals surface area contributed by atoms with Crippen LogP contribution in [0, 0.1) is 0 Å². The molecule has 0 radical (unpaired) electrons. The van der Waals surface area contributed by atoms with Crippen LogP contribution in [0.5, 0.6) is 0 Å². The lowest BCUT2D eigenvalue weighted by Gasteiger charge is -2.32. The van der Waals surface area contributed by atoms with E-state index >= 15 is 0 Å². The van der Waals surface area contributed by atoms with Gasteiger partial charge in [0.1, 0.15) is 6.33 Å². The lowest BCUT2D eigenvalue weighted by atomic mass is 10.2. The fourth-order valence-electron chi connectivity index (χ4n) is 3.70. The third-order valence-corrected chi connectivity index (χ3v) is 5.10. The summed E-state index contributed by atoms with van der Waals surface area (Å²) in [7, 11) is 1.93. The summed E-state index contributed by atoms with van der Waals surface area (Å²) in [6, 6.07) is 9.86. The van der Waals surface area contributed by atoms with Crippen LogP contribution in [0.15, 0.2) is 49.1 Å². The lowest BCUT2D eigenvalue weighted by molar-refractivity contribution is -0.0399. The Labute approximate surface area is 173 Å². The lowest BCUT2D eigenvalue weighted by Crippen LogP contribution is -2.43. The zero-order valence-electron chi connectivity index (χ0n) is 16.7. The van der Waals surface area contributed by atoms with E-state index in [1.807, 2.05) is 54.5 Å². The highest BCUT2D eigenvalue weighted by molar-refractivity contribution is 5.84. The molecule has 10 heteroatoms. The van der Waals surface area contributed by atoms with Gasteiger partial charge in [-0.3, -0.25) is 9.58 Å². The number of ether oxygens (including phenoxy) is 1. The van der Waals surface area contributed by atoms with Crippen LogP contribution in [-0.2, 0) is 24.9 Å². The molecule has 154 valence electrons. The van der Waals surface area contributed by atoms with Gasteiger partial charge in [0.25, 0.3) is 0 Å². The van der Waals surface area contributed by atoms with Crippen LogP contribution in [0.4, 0.5) is 11.5 Å². The van der Waals surface area contributed by atoms with E-state index in [1.165, 1.54) is 11.9 Å². The standard InChI is InChI=1S/C20H23N9O/c1-27-10-15(9-23-27)11-28-7-8-30-17(12-28)13-29-20-18(25-26-29)19(21-14-22-20)24-16-5-3-2-4-6-16/h2-6,9-10,14,17H,7-8,11-13H2,1H3,(H,21,22,24). The van der Waals surface area contributed by atoms with Gasteiger partial charge in [-0.1, -0.05) is 23.4 Å². The van der Waals surface area contributed by atoms with Crippen molar-refractivity contribution in [3.05, 3.63) is 54.6 Å². The third kappa shape index (κ3) is 4.00. The highest BCUT2D eigenvalue weighted by atomic mass is 16.5. The molecular weight excluding hydrogens is 382 g/mol. The van der Waals surface area contributed by atoms with E-state index in [1.54, 1.807) is 4.68 Å². The van der Waals surface area contributed by atoms with Crippen molar-refractivity contribution in [3.8, 4) is 0 Å². The van der Waals surface area contributed by atoms with Crippen molar-refractivity contribution in [2.24, 2.45) is 7.05 Å². The first-order valence-electron chi connectivity index (χ1n) is 9.92. The number of nitrogens with one attached hydrogen (secondary N) is 1. The van der Waals surface area contributed by atoms with E-state index in [4.69, 9.17) is 4.74 Å². The number of aryl methyl sites for hydroxylation is 1. The van der Waals surface area contributed by atoms with E-state index in [0.29, 0.717) is 30.1 Å². The molecule has 4 aromatic rings. The highest BCUT2D eigenvalue weighted by Gasteiger charge is 2.23. The SMILES string of the molecule is Cn1cc(CN2CCOC(Cn3nnc4c(Nc5ccccc5)ncnc43)C2)cn1. The molecular formula is C20H23N9O. The number of nitrogens with zero attached hydrogens (tertiary/aromatic N) is 8. The monoisotopic (exact) mass is 405 g/mol. The summed E-state index contributed by atoms with van der Waals surface area (Å²) < 4.78 is 9.62. The smallest absolute Gasteiger partial charge is 0.183 e. The number of hydrogen-bond acceptors (Lipinski definition) is 8. The van der Waals surface area contributed by atoms with Gasteiger partial charge < -0.3 is 10.1 Å². The molecule has 1 aromatic carbocycles. The zero-order chi connectivity index (χ0) is 20.3. The fraction of sp³-hybridized carbons (Fsp3) is 0.350. The maximum absolute atomic E-state index is 5.99. The second kappa shape index (κ2) is 8.17. The van der Waals surface area contributed by atoms with Gasteiger partial charge in [-0.2, -0.15) is 5.10 Å². The van der Waals surface area contributed by atoms with Crippen LogP contribution < -0.4 is 5.32 Å². The maximum atomic E-state index is 5.99. The summed E-state index contributed by atoms with van der Waals surface area (Å²) in [6.07, 6.45) is 5.51. The van der Waals surface area contributed by atoms with Crippen molar-refractivity contribution in [2.45, 2.75) is 19.2 Å². The van der Waals surface area contributed by atoms with Crippen molar-refractivity contribution in [2.75, 3.05) is 25.0 Å². The molecule has 1 fully saturated rings. The summed E-state index contributed by atoms with van der Waals surface area (Å²) in [5.74, 6) is 0.639. The van der Waals surface area contributed by atoms with Crippen LogP contribution >= 0.6 is 0 Å². The minimum atomic E-state index is 0.0146. The number of hydrogen-bond donors (Lipinski definition) is 1. The predicted molar refractivity (Wildman–Crippen MR) is 111 cm³/mol. The van der Waals surface area contributed by atoms with Gasteiger partial charge in [0.05, 0.1) is 25.5 Å². The Balaban J connectivity index is 1.30. The van der Waals surface area contributed by atoms with Crippen LogP contribution in [-0.4, -0.2) is 65.4 Å². The first-order chi connectivity index (χ1) is 14.7. The van der Waals surface area contributed by atoms with Crippen molar-refractivity contribution < 1.29 is 4.74 Å². The second-order valence-corrected chi connectivity index (χ2v) is 7.41. The Hall–Kier alpha value is -3.37. The number of fused-ring (bicyclic) bond motifs is 1. The number of rotatable bonds is 6. The van der Waals surface area contributed by atoms with Crippen LogP contribution in [0.2, 0.25) is 0 Å². The summed E-state index contributed by atoms with van der Waals surface area (Å²) in [5.41, 5.74) is 3.48. The molecule has 4 heterocycles. The maximum Gasteiger partial charge on any atom is 0.183 e. The molecule has 1 unspecified atom stereocenters. The molecule has 0 amide bonds. The molecule has 1 atom stereocenters. The molecule has 0 spiro atoms. The Morgan fingerprint density at radius 2 is 2.10 bits per heavy atom. The van der Waals surface area contributed by atoms with Crippen LogP contribution in [0.1, 0.15) is 5.56 Å². The van der Waals surface area contributed by atoms with Gasteiger partial charge in [0.15, 0.2) is 17.0 Å². The Morgan fingerprint density at radius 3 is 2.93 bits per heavy atom. The van der Waals surface area contributed by atoms with E-state index in [9.17, 15) is 0 Å².